The molecule has 0 radical (unpaired) electrons. The molecule has 1 aliphatic rings. The number of esters is 2. The number of carbonyl (C=O) groups excluding carboxylic acids is 2. The first-order chi connectivity index (χ1) is 11.4. The minimum Gasteiger partial charge on any atom is -0.466 e. The molecule has 24 heavy (non-hydrogen) atoms. The molecular formula is C15H12FIN2O5. The van der Waals surface area contributed by atoms with E-state index in [9.17, 15) is 14.0 Å². The topological polar surface area (TPSA) is 88.9 Å². The molecule has 0 aromatic heterocycles. The van der Waals surface area contributed by atoms with Gasteiger partial charge in [0.2, 0.25) is 0 Å². The van der Waals surface area contributed by atoms with Crippen LogP contribution in [0.15, 0.2) is 23.4 Å². The van der Waals surface area contributed by atoms with E-state index >= 15 is 0 Å². The van der Waals surface area contributed by atoms with Crippen molar-refractivity contribution in [2.24, 2.45) is 0 Å². The van der Waals surface area contributed by atoms with E-state index in [4.69, 9.17) is 14.7 Å². The lowest BCUT2D eigenvalue weighted by atomic mass is 10.1. The van der Waals surface area contributed by atoms with Crippen LogP contribution >= 0.6 is 22.6 Å². The van der Waals surface area contributed by atoms with E-state index in [0.717, 1.165) is 6.07 Å². The number of nitrogens with zero attached hydrogens (tertiary/aromatic N) is 2. The Morgan fingerprint density at radius 3 is 2.58 bits per heavy atom. The van der Waals surface area contributed by atoms with E-state index in [1.165, 1.54) is 25.2 Å². The summed E-state index contributed by atoms with van der Waals surface area (Å²) >= 11 is 1.90. The van der Waals surface area contributed by atoms with Gasteiger partial charge in [0.05, 0.1) is 37.7 Å². The molecular weight excluding hydrogens is 434 g/mol. The lowest BCUT2D eigenvalue weighted by Gasteiger charge is -2.32. The highest BCUT2D eigenvalue weighted by molar-refractivity contribution is 14.1. The van der Waals surface area contributed by atoms with Gasteiger partial charge in [-0.25, -0.2) is 14.0 Å². The van der Waals surface area contributed by atoms with Crippen molar-refractivity contribution in [1.29, 1.82) is 5.26 Å². The van der Waals surface area contributed by atoms with Gasteiger partial charge in [-0.3, -0.25) is 0 Å². The Morgan fingerprint density at radius 2 is 2.00 bits per heavy atom. The summed E-state index contributed by atoms with van der Waals surface area (Å²) in [5.41, 5.74) is 0.0280. The number of nitriles is 1. The molecule has 0 atom stereocenters. The average Bonchev–Trinajstić information content (AvgIpc) is 2.61. The number of carbonyl (C=O) groups is 2. The van der Waals surface area contributed by atoms with E-state index in [2.05, 4.69) is 4.74 Å². The molecule has 126 valence electrons. The molecule has 1 aliphatic heterocycles. The number of hydrogen-bond donors (Lipinski definition) is 0. The fourth-order valence-corrected chi connectivity index (χ4v) is 2.92. The third-order valence-corrected chi connectivity index (χ3v) is 4.14. The van der Waals surface area contributed by atoms with Crippen LogP contribution in [-0.2, 0) is 23.8 Å². The van der Waals surface area contributed by atoms with Gasteiger partial charge in [0.15, 0.2) is 0 Å². The standard InChI is InChI=1S/C15H12FIN2O5/c1-22-14(20)9-6-24-7-19(13(9)15(21)23-2)12-4-10(16)8(5-18)3-11(12)17/h3-4H,6-7H2,1-2H3. The number of halogens is 2. The Bertz CT molecular complexity index is 772. The van der Waals surface area contributed by atoms with Crippen LogP contribution in [0.2, 0.25) is 0 Å². The fourth-order valence-electron chi connectivity index (χ4n) is 2.16. The van der Waals surface area contributed by atoms with Gasteiger partial charge in [0.25, 0.3) is 0 Å². The lowest BCUT2D eigenvalue weighted by molar-refractivity contribution is -0.140. The van der Waals surface area contributed by atoms with Crippen molar-refractivity contribution in [1.82, 2.24) is 0 Å². The van der Waals surface area contributed by atoms with Crippen molar-refractivity contribution in [2.45, 2.75) is 0 Å². The Labute approximate surface area is 150 Å². The molecule has 9 heteroatoms. The zero-order valence-corrected chi connectivity index (χ0v) is 14.9. The fraction of sp³-hybridized carbons (Fsp3) is 0.267. The molecule has 0 fully saturated rings. The van der Waals surface area contributed by atoms with Gasteiger partial charge in [-0.15, -0.1) is 0 Å². The molecule has 0 spiro atoms. The molecule has 0 saturated carbocycles. The van der Waals surface area contributed by atoms with Gasteiger partial charge in [0, 0.05) is 9.64 Å². The highest BCUT2D eigenvalue weighted by atomic mass is 127. The summed E-state index contributed by atoms with van der Waals surface area (Å²) in [7, 11) is 2.34. The van der Waals surface area contributed by atoms with Crippen molar-refractivity contribution < 1.29 is 28.2 Å². The second kappa shape index (κ2) is 7.59. The molecule has 1 heterocycles. The number of rotatable bonds is 3. The molecule has 1 aromatic rings. The second-order valence-corrected chi connectivity index (χ2v) is 5.77. The summed E-state index contributed by atoms with van der Waals surface area (Å²) in [4.78, 5) is 25.4. The van der Waals surface area contributed by atoms with Crippen LogP contribution in [0, 0.1) is 20.7 Å². The first kappa shape index (κ1) is 18.2. The first-order valence-electron chi connectivity index (χ1n) is 6.58. The Hall–Kier alpha value is -2.19. The normalized spacial score (nSPS) is 14.2. The van der Waals surface area contributed by atoms with Crippen molar-refractivity contribution in [3.05, 3.63) is 38.4 Å². The zero-order valence-electron chi connectivity index (χ0n) is 12.8. The van der Waals surface area contributed by atoms with Crippen LogP contribution in [0.3, 0.4) is 0 Å². The lowest BCUT2D eigenvalue weighted by Crippen LogP contribution is -2.39. The van der Waals surface area contributed by atoms with Gasteiger partial charge < -0.3 is 19.1 Å². The summed E-state index contributed by atoms with van der Waals surface area (Å²) in [5, 5.41) is 8.89. The maximum absolute atomic E-state index is 14.0. The SMILES string of the molecule is COC(=O)C1=C(C(=O)OC)N(c2cc(F)c(C#N)cc2I)COC1. The van der Waals surface area contributed by atoms with E-state index in [1.54, 1.807) is 6.07 Å². The Balaban J connectivity index is 2.64. The molecule has 0 aliphatic carbocycles. The summed E-state index contributed by atoms with van der Waals surface area (Å²) in [6.07, 6.45) is 0. The van der Waals surface area contributed by atoms with Crippen molar-refractivity contribution >= 4 is 40.2 Å². The molecule has 0 N–H and O–H groups in total. The summed E-state index contributed by atoms with van der Waals surface area (Å²) < 4.78 is 29.2. The van der Waals surface area contributed by atoms with Crippen molar-refractivity contribution in [3.8, 4) is 6.07 Å². The van der Waals surface area contributed by atoms with Gasteiger partial charge in [-0.2, -0.15) is 5.26 Å². The molecule has 0 amide bonds. The van der Waals surface area contributed by atoms with Crippen LogP contribution in [0.5, 0.6) is 0 Å². The number of anilines is 1. The van der Waals surface area contributed by atoms with Crippen molar-refractivity contribution in [3.63, 3.8) is 0 Å². The molecule has 1 aromatic carbocycles. The van der Waals surface area contributed by atoms with Crippen LogP contribution in [-0.4, -0.2) is 39.5 Å². The molecule has 0 bridgehead atoms. The highest BCUT2D eigenvalue weighted by Crippen LogP contribution is 2.32. The van der Waals surface area contributed by atoms with Crippen LogP contribution < -0.4 is 4.90 Å². The number of methoxy groups -OCH3 is 2. The minimum atomic E-state index is -0.778. The highest BCUT2D eigenvalue weighted by Gasteiger charge is 2.33. The van der Waals surface area contributed by atoms with Crippen LogP contribution in [0.25, 0.3) is 0 Å². The largest absolute Gasteiger partial charge is 0.466 e. The number of benzene rings is 1. The van der Waals surface area contributed by atoms with Gasteiger partial charge in [-0.1, -0.05) is 0 Å². The summed E-state index contributed by atoms with van der Waals surface area (Å²) in [6.45, 7) is -0.227. The molecule has 0 saturated heterocycles. The first-order valence-corrected chi connectivity index (χ1v) is 7.66. The van der Waals surface area contributed by atoms with E-state index in [-0.39, 0.29) is 35.9 Å². The van der Waals surface area contributed by atoms with Crippen molar-refractivity contribution in [2.75, 3.05) is 32.5 Å². The quantitative estimate of drug-likeness (QED) is 0.516. The maximum Gasteiger partial charge on any atom is 0.355 e. The van der Waals surface area contributed by atoms with Crippen LogP contribution in [0.4, 0.5) is 10.1 Å². The third-order valence-electron chi connectivity index (χ3n) is 3.28. The predicted molar refractivity (Wildman–Crippen MR) is 88.2 cm³/mol. The van der Waals surface area contributed by atoms with Gasteiger partial charge in [-0.05, 0) is 28.7 Å². The van der Waals surface area contributed by atoms with E-state index < -0.39 is 17.8 Å². The Morgan fingerprint density at radius 1 is 1.33 bits per heavy atom. The molecule has 2 rings (SSSR count). The average molecular weight is 446 g/mol. The molecule has 7 nitrogen and oxygen atoms in total. The second-order valence-electron chi connectivity index (χ2n) is 4.61. The van der Waals surface area contributed by atoms with Gasteiger partial charge in [0.1, 0.15) is 24.3 Å². The van der Waals surface area contributed by atoms with E-state index in [0.29, 0.717) is 3.57 Å². The summed E-state index contributed by atoms with van der Waals surface area (Å²) in [5.74, 6) is -2.27. The van der Waals surface area contributed by atoms with E-state index in [1.807, 2.05) is 22.6 Å². The molecule has 0 unspecified atom stereocenters. The smallest absolute Gasteiger partial charge is 0.355 e. The minimum absolute atomic E-state index is 0.0313. The predicted octanol–water partition coefficient (Wildman–Crippen LogP) is 1.70. The Kier molecular flexibility index (Phi) is 5.74. The van der Waals surface area contributed by atoms with Crippen LogP contribution in [0.1, 0.15) is 5.56 Å². The zero-order chi connectivity index (χ0) is 17.9. The number of hydrogen-bond acceptors (Lipinski definition) is 7. The monoisotopic (exact) mass is 446 g/mol. The number of ether oxygens (including phenoxy) is 3. The summed E-state index contributed by atoms with van der Waals surface area (Å²) in [6, 6.07) is 4.18. The third kappa shape index (κ3) is 3.34. The maximum atomic E-state index is 14.0. The van der Waals surface area contributed by atoms with Gasteiger partial charge >= 0.3 is 11.9 Å².